The molecule has 0 spiro atoms. The molecule has 1 saturated heterocycles. The highest BCUT2D eigenvalue weighted by Crippen LogP contribution is 1.93. The monoisotopic (exact) mass is 214 g/mol. The van der Waals surface area contributed by atoms with Crippen LogP contribution in [0.25, 0.3) is 0 Å². The number of nitrogens with zero attached hydrogens (tertiary/aromatic N) is 1. The van der Waals surface area contributed by atoms with Crippen LogP contribution in [0.5, 0.6) is 0 Å². The number of oxime groups is 1. The van der Waals surface area contributed by atoms with E-state index in [0.29, 0.717) is 6.54 Å². The van der Waals surface area contributed by atoms with Gasteiger partial charge < -0.3 is 15.4 Å². The molecular weight excluding hydrogens is 194 g/mol. The molecular formula is C10H20N3O2+. The maximum Gasteiger partial charge on any atom is 0.268 e. The molecule has 0 bridgehead atoms. The largest absolute Gasteiger partial charge is 0.410 e. The number of quaternary nitrogens is 1. The summed E-state index contributed by atoms with van der Waals surface area (Å²) in [5.41, 5.74) is 0.114. The summed E-state index contributed by atoms with van der Waals surface area (Å²) >= 11 is 0. The van der Waals surface area contributed by atoms with E-state index >= 15 is 0 Å². The van der Waals surface area contributed by atoms with Crippen molar-refractivity contribution < 1.29 is 14.9 Å². The third-order valence-electron chi connectivity index (χ3n) is 2.80. The van der Waals surface area contributed by atoms with Gasteiger partial charge in [-0.3, -0.25) is 4.79 Å². The minimum Gasteiger partial charge on any atom is -0.410 e. The van der Waals surface area contributed by atoms with Crippen LogP contribution >= 0.6 is 0 Å². The fraction of sp³-hybridized carbons (Fsp3) is 0.800. The van der Waals surface area contributed by atoms with Gasteiger partial charge >= 0.3 is 0 Å². The highest BCUT2D eigenvalue weighted by atomic mass is 16.4. The Labute approximate surface area is 90.1 Å². The van der Waals surface area contributed by atoms with Crippen molar-refractivity contribution in [3.8, 4) is 0 Å². The molecule has 1 fully saturated rings. The Morgan fingerprint density at radius 1 is 1.40 bits per heavy atom. The Morgan fingerprint density at radius 2 is 2.07 bits per heavy atom. The summed E-state index contributed by atoms with van der Waals surface area (Å²) < 4.78 is 0. The predicted molar refractivity (Wildman–Crippen MR) is 57.3 cm³/mol. The van der Waals surface area contributed by atoms with Crippen LogP contribution in [0.1, 0.15) is 26.2 Å². The molecule has 0 aliphatic carbocycles. The first-order valence-electron chi connectivity index (χ1n) is 5.54. The van der Waals surface area contributed by atoms with Crippen LogP contribution < -0.4 is 10.2 Å². The third-order valence-corrected chi connectivity index (χ3v) is 2.80. The van der Waals surface area contributed by atoms with Gasteiger partial charge in [-0.15, -0.1) is 0 Å². The third kappa shape index (κ3) is 4.29. The van der Waals surface area contributed by atoms with Crippen molar-refractivity contribution in [2.45, 2.75) is 26.2 Å². The summed E-state index contributed by atoms with van der Waals surface area (Å²) in [4.78, 5) is 12.8. The lowest BCUT2D eigenvalue weighted by molar-refractivity contribution is -0.903. The Morgan fingerprint density at radius 3 is 2.67 bits per heavy atom. The van der Waals surface area contributed by atoms with Gasteiger partial charge in [-0.1, -0.05) is 5.16 Å². The van der Waals surface area contributed by atoms with Crippen LogP contribution in [-0.4, -0.2) is 43.0 Å². The van der Waals surface area contributed by atoms with E-state index in [0.717, 1.165) is 6.54 Å². The van der Waals surface area contributed by atoms with Crippen molar-refractivity contribution in [2.75, 3.05) is 26.2 Å². The first-order valence-corrected chi connectivity index (χ1v) is 5.54. The molecule has 0 aromatic carbocycles. The number of hydrogen-bond donors (Lipinski definition) is 3. The van der Waals surface area contributed by atoms with Crippen molar-refractivity contribution in [1.29, 1.82) is 0 Å². The number of piperidine rings is 1. The van der Waals surface area contributed by atoms with Gasteiger partial charge in [-0.2, -0.15) is 0 Å². The van der Waals surface area contributed by atoms with E-state index in [9.17, 15) is 4.79 Å². The zero-order valence-electron chi connectivity index (χ0n) is 9.25. The number of rotatable bonds is 4. The van der Waals surface area contributed by atoms with Gasteiger partial charge in [0.2, 0.25) is 0 Å². The summed E-state index contributed by atoms with van der Waals surface area (Å²) in [6.45, 7) is 5.53. The van der Waals surface area contributed by atoms with E-state index in [1.165, 1.54) is 39.3 Å². The van der Waals surface area contributed by atoms with Crippen molar-refractivity contribution in [2.24, 2.45) is 5.16 Å². The highest BCUT2D eigenvalue weighted by molar-refractivity contribution is 6.37. The molecule has 0 saturated carbocycles. The lowest BCUT2D eigenvalue weighted by Crippen LogP contribution is -3.13. The first kappa shape index (κ1) is 12.0. The molecule has 5 nitrogen and oxygen atoms in total. The minimum atomic E-state index is -0.283. The van der Waals surface area contributed by atoms with Gasteiger partial charge in [-0.05, 0) is 26.2 Å². The summed E-state index contributed by atoms with van der Waals surface area (Å²) in [7, 11) is 0. The van der Waals surface area contributed by atoms with Crippen molar-refractivity contribution in [3.05, 3.63) is 0 Å². The summed E-state index contributed by atoms with van der Waals surface area (Å²) in [5.74, 6) is -0.283. The Hall–Kier alpha value is -1.10. The minimum absolute atomic E-state index is 0.114. The van der Waals surface area contributed by atoms with Crippen molar-refractivity contribution >= 4 is 11.6 Å². The van der Waals surface area contributed by atoms with E-state index in [1.54, 1.807) is 4.90 Å². The lowest BCUT2D eigenvalue weighted by Gasteiger charge is -2.23. The number of nitrogens with one attached hydrogen (secondary N) is 2. The van der Waals surface area contributed by atoms with Crippen molar-refractivity contribution in [1.82, 2.24) is 5.32 Å². The molecule has 86 valence electrons. The molecule has 1 amide bonds. The summed E-state index contributed by atoms with van der Waals surface area (Å²) in [6, 6.07) is 0. The van der Waals surface area contributed by atoms with Gasteiger partial charge in [0, 0.05) is 0 Å². The number of likely N-dealkylation sites (tertiary alicyclic amines) is 1. The molecule has 0 atom stereocenters. The highest BCUT2D eigenvalue weighted by Gasteiger charge is 2.13. The average Bonchev–Trinajstić information content (AvgIpc) is 2.29. The molecule has 15 heavy (non-hydrogen) atoms. The zero-order valence-corrected chi connectivity index (χ0v) is 9.25. The fourth-order valence-electron chi connectivity index (χ4n) is 1.83. The molecule has 1 aliphatic rings. The Balaban J connectivity index is 2.12. The molecule has 5 heteroatoms. The zero-order chi connectivity index (χ0) is 11.1. The SMILES string of the molecule is C/C(=N/O)C(=O)NCC[NH+]1CCCCC1. The smallest absolute Gasteiger partial charge is 0.268 e. The number of hydrogen-bond acceptors (Lipinski definition) is 3. The van der Waals surface area contributed by atoms with E-state index in [2.05, 4.69) is 10.5 Å². The van der Waals surface area contributed by atoms with E-state index in [4.69, 9.17) is 5.21 Å². The first-order chi connectivity index (χ1) is 7.24. The Kier molecular flexibility index (Phi) is 5.10. The molecule has 0 aromatic rings. The van der Waals surface area contributed by atoms with E-state index in [-0.39, 0.29) is 11.6 Å². The van der Waals surface area contributed by atoms with Gasteiger partial charge in [0.05, 0.1) is 26.2 Å². The van der Waals surface area contributed by atoms with Crippen LogP contribution in [0.4, 0.5) is 0 Å². The number of carbonyl (C=O) groups excluding carboxylic acids is 1. The van der Waals surface area contributed by atoms with E-state index in [1.807, 2.05) is 0 Å². The predicted octanol–water partition coefficient (Wildman–Crippen LogP) is -0.978. The average molecular weight is 214 g/mol. The molecule has 0 radical (unpaired) electrons. The second-order valence-corrected chi connectivity index (χ2v) is 4.00. The van der Waals surface area contributed by atoms with Gasteiger partial charge in [-0.25, -0.2) is 0 Å². The normalized spacial score (nSPS) is 18.9. The van der Waals surface area contributed by atoms with Crippen LogP contribution in [-0.2, 0) is 4.79 Å². The quantitative estimate of drug-likeness (QED) is 0.320. The Bertz CT molecular complexity index is 235. The van der Waals surface area contributed by atoms with Crippen molar-refractivity contribution in [3.63, 3.8) is 0 Å². The molecule has 1 aliphatic heterocycles. The van der Waals surface area contributed by atoms with Crippen LogP contribution in [0, 0.1) is 0 Å². The number of amides is 1. The molecule has 0 aromatic heterocycles. The molecule has 0 unspecified atom stereocenters. The molecule has 1 heterocycles. The fourth-order valence-corrected chi connectivity index (χ4v) is 1.83. The topological polar surface area (TPSA) is 66.1 Å². The van der Waals surface area contributed by atoms with Crippen LogP contribution in [0.3, 0.4) is 0 Å². The maximum atomic E-state index is 11.2. The standard InChI is InChI=1S/C10H19N3O2/c1-9(12-15)10(14)11-5-8-13-6-3-2-4-7-13/h15H,2-8H2,1H3,(H,11,14)/p+1/b12-9-. The van der Waals surface area contributed by atoms with Gasteiger partial charge in [0.25, 0.3) is 5.91 Å². The van der Waals surface area contributed by atoms with Crippen LogP contribution in [0.2, 0.25) is 0 Å². The van der Waals surface area contributed by atoms with Gasteiger partial charge in [0.1, 0.15) is 5.71 Å². The maximum absolute atomic E-state index is 11.2. The lowest BCUT2D eigenvalue weighted by atomic mass is 10.1. The molecule has 3 N–H and O–H groups in total. The molecule has 1 rings (SSSR count). The van der Waals surface area contributed by atoms with Gasteiger partial charge in [0.15, 0.2) is 0 Å². The second-order valence-electron chi connectivity index (χ2n) is 4.00. The summed E-state index contributed by atoms with van der Waals surface area (Å²) in [6.07, 6.45) is 3.92. The summed E-state index contributed by atoms with van der Waals surface area (Å²) in [5, 5.41) is 14.0. The second kappa shape index (κ2) is 6.40. The number of carbonyl (C=O) groups is 1. The van der Waals surface area contributed by atoms with Crippen LogP contribution in [0.15, 0.2) is 5.16 Å². The van der Waals surface area contributed by atoms with E-state index < -0.39 is 0 Å².